The number of para-hydroxylation sites is 2. The Labute approximate surface area is 322 Å². The van der Waals surface area contributed by atoms with Crippen LogP contribution in [-0.2, 0) is 0 Å². The van der Waals surface area contributed by atoms with Gasteiger partial charge in [-0.05, 0) is 58.7 Å². The highest BCUT2D eigenvalue weighted by atomic mass is 32.1. The van der Waals surface area contributed by atoms with E-state index in [-0.39, 0.29) is 0 Å². The fourth-order valence-electron chi connectivity index (χ4n) is 8.35. The summed E-state index contributed by atoms with van der Waals surface area (Å²) >= 11 is 1.89. The van der Waals surface area contributed by atoms with Gasteiger partial charge in [-0.3, -0.25) is 0 Å². The first kappa shape index (κ1) is 31.6. The summed E-state index contributed by atoms with van der Waals surface area (Å²) in [6.07, 6.45) is 0. The van der Waals surface area contributed by atoms with E-state index in [4.69, 9.17) is 4.42 Å². The van der Waals surface area contributed by atoms with Crippen molar-refractivity contribution >= 4 is 81.3 Å². The third kappa shape index (κ3) is 5.16. The molecule has 0 unspecified atom stereocenters. The van der Waals surface area contributed by atoms with E-state index < -0.39 is 0 Å². The minimum Gasteiger partial charge on any atom is -0.455 e. The molecule has 9 aromatic carbocycles. The lowest BCUT2D eigenvalue weighted by molar-refractivity contribution is 0.670. The van der Waals surface area contributed by atoms with Crippen molar-refractivity contribution in [3.63, 3.8) is 0 Å². The van der Waals surface area contributed by atoms with E-state index in [1.807, 2.05) is 23.5 Å². The van der Waals surface area contributed by atoms with Gasteiger partial charge in [-0.15, -0.1) is 11.3 Å². The van der Waals surface area contributed by atoms with Crippen molar-refractivity contribution in [3.05, 3.63) is 200 Å². The first-order valence-corrected chi connectivity index (χ1v) is 19.5. The minimum atomic E-state index is 0.906. The van der Waals surface area contributed by atoms with Crippen LogP contribution in [0.1, 0.15) is 0 Å². The Hall–Kier alpha value is -6.94. The van der Waals surface area contributed by atoms with Gasteiger partial charge in [-0.1, -0.05) is 164 Å². The maximum atomic E-state index is 6.47. The van der Waals surface area contributed by atoms with Crippen LogP contribution >= 0.6 is 11.3 Å². The Morgan fingerprint density at radius 3 is 1.65 bits per heavy atom. The molecule has 0 saturated carbocycles. The predicted molar refractivity (Wildman–Crippen MR) is 235 cm³/mol. The highest BCUT2D eigenvalue weighted by Gasteiger charge is 2.26. The number of rotatable bonds is 6. The summed E-state index contributed by atoms with van der Waals surface area (Å²) in [4.78, 5) is 2.47. The molecule has 0 atom stereocenters. The number of nitrogens with zero attached hydrogens (tertiary/aromatic N) is 1. The quantitative estimate of drug-likeness (QED) is 0.170. The van der Waals surface area contributed by atoms with Gasteiger partial charge in [0.25, 0.3) is 0 Å². The molecule has 2 heterocycles. The van der Waals surface area contributed by atoms with Crippen molar-refractivity contribution in [2.75, 3.05) is 4.90 Å². The van der Waals surface area contributed by atoms with E-state index in [1.165, 1.54) is 53.2 Å². The van der Waals surface area contributed by atoms with Crippen molar-refractivity contribution in [1.82, 2.24) is 0 Å². The summed E-state index contributed by atoms with van der Waals surface area (Å²) in [5, 5.41) is 7.31. The lowest BCUT2D eigenvalue weighted by Gasteiger charge is -2.30. The second-order valence-electron chi connectivity index (χ2n) is 14.0. The van der Waals surface area contributed by atoms with Crippen LogP contribution < -0.4 is 4.90 Å². The van der Waals surface area contributed by atoms with E-state index in [2.05, 4.69) is 193 Å². The SMILES string of the molecule is c1ccc(-c2ccc(N(c3ccc(-c4cccc5c4oc4ccccc45)cc3)c3c(-c4ccccc4)c4c5ccccc5sc4c4ccccc34)cc2)cc1. The van der Waals surface area contributed by atoms with Crippen molar-refractivity contribution in [3.8, 4) is 33.4 Å². The molecule has 0 N–H and O–H groups in total. The van der Waals surface area contributed by atoms with E-state index in [0.29, 0.717) is 0 Å². The van der Waals surface area contributed by atoms with Gasteiger partial charge in [-0.2, -0.15) is 0 Å². The van der Waals surface area contributed by atoms with Crippen LogP contribution in [0, 0.1) is 0 Å². The van der Waals surface area contributed by atoms with Gasteiger partial charge in [-0.25, -0.2) is 0 Å². The Bertz CT molecular complexity index is 3180. The van der Waals surface area contributed by atoms with E-state index in [1.54, 1.807) is 0 Å². The van der Waals surface area contributed by atoms with Gasteiger partial charge in [0.1, 0.15) is 11.2 Å². The highest BCUT2D eigenvalue weighted by Crippen LogP contribution is 2.53. The minimum absolute atomic E-state index is 0.906. The van der Waals surface area contributed by atoms with Crippen molar-refractivity contribution < 1.29 is 4.42 Å². The van der Waals surface area contributed by atoms with Gasteiger partial charge in [0, 0.05) is 64.2 Å². The second kappa shape index (κ2) is 12.9. The molecule has 3 heteroatoms. The molecule has 11 aromatic rings. The number of thiophene rings is 1. The summed E-state index contributed by atoms with van der Waals surface area (Å²) in [6, 6.07) is 72.1. The molecule has 258 valence electrons. The molecule has 0 aliphatic carbocycles. The Kier molecular flexibility index (Phi) is 7.39. The zero-order valence-corrected chi connectivity index (χ0v) is 30.6. The van der Waals surface area contributed by atoms with Crippen LogP contribution in [0.15, 0.2) is 205 Å². The summed E-state index contributed by atoms with van der Waals surface area (Å²) < 4.78 is 9.08. The zero-order valence-electron chi connectivity index (χ0n) is 29.8. The standard InChI is InChI=1S/C52H33NOS/c1-3-14-34(15-4-1)35-26-30-38(31-27-35)53(39-32-28-36(29-33-39)40-22-13-23-43-41-18-9-11-24-46(41)54-51(40)43)50-42-19-7-8-20-44(42)52-49(45-21-10-12-25-47(45)55-52)48(50)37-16-5-2-6-17-37/h1-33H. The Balaban J connectivity index is 1.19. The van der Waals surface area contributed by atoms with Crippen LogP contribution in [0.2, 0.25) is 0 Å². The molecule has 11 rings (SSSR count). The lowest BCUT2D eigenvalue weighted by Crippen LogP contribution is -2.12. The van der Waals surface area contributed by atoms with Crippen molar-refractivity contribution in [2.24, 2.45) is 0 Å². The molecular formula is C52H33NOS. The Morgan fingerprint density at radius 2 is 0.927 bits per heavy atom. The van der Waals surface area contributed by atoms with Crippen molar-refractivity contribution in [1.29, 1.82) is 0 Å². The predicted octanol–water partition coefficient (Wildman–Crippen LogP) is 15.6. The molecule has 0 aliphatic heterocycles. The summed E-state index contributed by atoms with van der Waals surface area (Å²) in [7, 11) is 0. The van der Waals surface area contributed by atoms with Crippen molar-refractivity contribution in [2.45, 2.75) is 0 Å². The molecule has 2 aromatic heterocycles. The first-order valence-electron chi connectivity index (χ1n) is 18.7. The molecule has 55 heavy (non-hydrogen) atoms. The number of benzene rings is 9. The number of hydrogen-bond acceptors (Lipinski definition) is 3. The summed E-state index contributed by atoms with van der Waals surface area (Å²) in [6.45, 7) is 0. The number of furan rings is 1. The van der Waals surface area contributed by atoms with Crippen LogP contribution in [0.25, 0.3) is 86.3 Å². The molecule has 0 fully saturated rings. The fourth-order valence-corrected chi connectivity index (χ4v) is 9.60. The third-order valence-corrected chi connectivity index (χ3v) is 12.1. The number of hydrogen-bond donors (Lipinski definition) is 0. The first-order chi connectivity index (χ1) is 27.3. The van der Waals surface area contributed by atoms with E-state index in [9.17, 15) is 0 Å². The Morgan fingerprint density at radius 1 is 0.382 bits per heavy atom. The smallest absolute Gasteiger partial charge is 0.143 e. The molecule has 0 saturated heterocycles. The fraction of sp³-hybridized carbons (Fsp3) is 0. The molecule has 0 amide bonds. The molecule has 0 aliphatic rings. The van der Waals surface area contributed by atoms with Crippen LogP contribution in [0.4, 0.5) is 17.1 Å². The molecule has 0 bridgehead atoms. The zero-order chi connectivity index (χ0) is 36.3. The summed E-state index contributed by atoms with van der Waals surface area (Å²) in [5.74, 6) is 0. The molecule has 0 radical (unpaired) electrons. The maximum Gasteiger partial charge on any atom is 0.143 e. The highest BCUT2D eigenvalue weighted by molar-refractivity contribution is 7.26. The average molecular weight is 720 g/mol. The van der Waals surface area contributed by atoms with Crippen LogP contribution in [0.3, 0.4) is 0 Å². The maximum absolute atomic E-state index is 6.47. The molecule has 0 spiro atoms. The topological polar surface area (TPSA) is 16.4 Å². The van der Waals surface area contributed by atoms with Gasteiger partial charge in [0.15, 0.2) is 0 Å². The second-order valence-corrected chi connectivity index (χ2v) is 15.1. The van der Waals surface area contributed by atoms with Gasteiger partial charge in [0.05, 0.1) is 5.69 Å². The lowest BCUT2D eigenvalue weighted by atomic mass is 9.91. The van der Waals surface area contributed by atoms with Crippen LogP contribution in [0.5, 0.6) is 0 Å². The third-order valence-electron chi connectivity index (χ3n) is 10.9. The molecule has 2 nitrogen and oxygen atoms in total. The average Bonchev–Trinajstić information content (AvgIpc) is 3.84. The largest absolute Gasteiger partial charge is 0.455 e. The van der Waals surface area contributed by atoms with Gasteiger partial charge < -0.3 is 9.32 Å². The summed E-state index contributed by atoms with van der Waals surface area (Å²) in [5.41, 5.74) is 12.2. The number of anilines is 3. The number of fused-ring (bicyclic) bond motifs is 8. The van der Waals surface area contributed by atoms with Crippen LogP contribution in [-0.4, -0.2) is 0 Å². The van der Waals surface area contributed by atoms with E-state index >= 15 is 0 Å². The van der Waals surface area contributed by atoms with Gasteiger partial charge in [0.2, 0.25) is 0 Å². The normalized spacial score (nSPS) is 11.6. The monoisotopic (exact) mass is 719 g/mol. The van der Waals surface area contributed by atoms with Gasteiger partial charge >= 0.3 is 0 Å². The molecular weight excluding hydrogens is 687 g/mol. The van der Waals surface area contributed by atoms with E-state index in [0.717, 1.165) is 50.1 Å².